The van der Waals surface area contributed by atoms with Crippen molar-refractivity contribution in [2.45, 2.75) is 27.3 Å². The summed E-state index contributed by atoms with van der Waals surface area (Å²) in [4.78, 5) is 27.0. The molecule has 0 aliphatic carbocycles. The van der Waals surface area contributed by atoms with Gasteiger partial charge in [-0.2, -0.15) is 0 Å². The van der Waals surface area contributed by atoms with Crippen LogP contribution >= 0.6 is 0 Å². The molecule has 0 radical (unpaired) electrons. The first-order valence-electron chi connectivity index (χ1n) is 5.71. The maximum absolute atomic E-state index is 12.1. The van der Waals surface area contributed by atoms with E-state index in [0.717, 1.165) is 15.8 Å². The van der Waals surface area contributed by atoms with Crippen molar-refractivity contribution in [3.63, 3.8) is 0 Å². The molecule has 0 fully saturated rings. The minimum atomic E-state index is -0.251. The monoisotopic (exact) mass is 235 g/mol. The lowest BCUT2D eigenvalue weighted by atomic mass is 10.2. The largest absolute Gasteiger partial charge is 0.363 e. The van der Waals surface area contributed by atoms with Gasteiger partial charge in [0.25, 0.3) is 5.56 Å². The van der Waals surface area contributed by atoms with Crippen molar-refractivity contribution in [2.75, 3.05) is 0 Å². The van der Waals surface area contributed by atoms with Crippen LogP contribution in [0, 0.1) is 12.8 Å². The first kappa shape index (κ1) is 11.7. The van der Waals surface area contributed by atoms with Gasteiger partial charge in [-0.25, -0.2) is 4.79 Å². The minimum Gasteiger partial charge on any atom is -0.363 e. The first-order valence-corrected chi connectivity index (χ1v) is 5.71. The second-order valence-electron chi connectivity index (χ2n) is 4.83. The number of nitrogens with zero attached hydrogens (tertiary/aromatic N) is 2. The van der Waals surface area contributed by atoms with Crippen LogP contribution < -0.4 is 11.2 Å². The maximum Gasteiger partial charge on any atom is 0.331 e. The third-order valence-corrected chi connectivity index (χ3v) is 2.91. The number of hydrogen-bond acceptors (Lipinski definition) is 2. The van der Waals surface area contributed by atoms with Crippen molar-refractivity contribution in [1.29, 1.82) is 0 Å². The van der Waals surface area contributed by atoms with Crippen LogP contribution in [0.15, 0.2) is 15.8 Å². The van der Waals surface area contributed by atoms with Gasteiger partial charge in [0.15, 0.2) is 0 Å². The Morgan fingerprint density at radius 3 is 2.59 bits per heavy atom. The Morgan fingerprint density at radius 1 is 1.35 bits per heavy atom. The Bertz CT molecular complexity index is 673. The number of fused-ring (bicyclic) bond motifs is 1. The van der Waals surface area contributed by atoms with Gasteiger partial charge in [-0.15, -0.1) is 0 Å². The van der Waals surface area contributed by atoms with Gasteiger partial charge in [0.05, 0.1) is 10.9 Å². The summed E-state index contributed by atoms with van der Waals surface area (Å²) in [7, 11) is 1.52. The van der Waals surface area contributed by atoms with Crippen LogP contribution in [0.3, 0.4) is 0 Å². The number of H-pyrrole nitrogens is 1. The number of aromatic amines is 1. The minimum absolute atomic E-state index is 0.241. The number of nitrogens with one attached hydrogen (secondary N) is 1. The molecule has 0 saturated carbocycles. The summed E-state index contributed by atoms with van der Waals surface area (Å²) >= 11 is 0. The van der Waals surface area contributed by atoms with E-state index < -0.39 is 0 Å². The molecule has 0 aromatic carbocycles. The average Bonchev–Trinajstić information content (AvgIpc) is 2.63. The second-order valence-corrected chi connectivity index (χ2v) is 4.83. The predicted molar refractivity (Wildman–Crippen MR) is 67.4 cm³/mol. The summed E-state index contributed by atoms with van der Waals surface area (Å²) in [5, 5.41) is 0.574. The molecule has 5 heteroatoms. The Kier molecular flexibility index (Phi) is 2.69. The lowest BCUT2D eigenvalue weighted by Crippen LogP contribution is -2.38. The van der Waals surface area contributed by atoms with Crippen molar-refractivity contribution in [1.82, 2.24) is 14.1 Å². The molecule has 2 heterocycles. The molecule has 2 aromatic rings. The predicted octanol–water partition coefficient (Wildman–Crippen LogP) is 0.993. The van der Waals surface area contributed by atoms with Crippen LogP contribution in [0.5, 0.6) is 0 Å². The molecule has 0 spiro atoms. The summed E-state index contributed by atoms with van der Waals surface area (Å²) in [6.45, 7) is 6.58. The standard InChI is InChI=1S/C12H17N3O2/c1-7(2)6-15-10-8(3)13-5-9(10)11(16)14(4)12(15)17/h5,7,13H,6H2,1-4H3. The molecule has 0 unspecified atom stereocenters. The molecule has 0 aliphatic rings. The summed E-state index contributed by atoms with van der Waals surface area (Å²) in [5.41, 5.74) is 1.09. The van der Waals surface area contributed by atoms with E-state index in [1.165, 1.54) is 7.05 Å². The molecular formula is C12H17N3O2. The highest BCUT2D eigenvalue weighted by molar-refractivity contribution is 5.80. The zero-order chi connectivity index (χ0) is 12.7. The van der Waals surface area contributed by atoms with Gasteiger partial charge >= 0.3 is 5.69 Å². The van der Waals surface area contributed by atoms with Gasteiger partial charge in [0.2, 0.25) is 0 Å². The highest BCUT2D eigenvalue weighted by Crippen LogP contribution is 2.13. The third-order valence-electron chi connectivity index (χ3n) is 2.91. The third kappa shape index (κ3) is 1.71. The molecule has 5 nitrogen and oxygen atoms in total. The molecule has 0 bridgehead atoms. The fourth-order valence-electron chi connectivity index (χ4n) is 2.11. The average molecular weight is 235 g/mol. The molecule has 0 atom stereocenters. The smallest absolute Gasteiger partial charge is 0.331 e. The van der Waals surface area contributed by atoms with E-state index in [1.54, 1.807) is 10.8 Å². The summed E-state index contributed by atoms with van der Waals surface area (Å²) in [5.74, 6) is 0.350. The normalized spacial score (nSPS) is 11.6. The van der Waals surface area contributed by atoms with Gasteiger partial charge in [0, 0.05) is 25.5 Å². The Labute approximate surface area is 98.7 Å². The van der Waals surface area contributed by atoms with Crippen LogP contribution in [0.4, 0.5) is 0 Å². The maximum atomic E-state index is 12.1. The highest BCUT2D eigenvalue weighted by atomic mass is 16.2. The zero-order valence-electron chi connectivity index (χ0n) is 10.6. The molecule has 1 N–H and O–H groups in total. The molecule has 0 aliphatic heterocycles. The Hall–Kier alpha value is -1.78. The van der Waals surface area contributed by atoms with Crippen molar-refractivity contribution >= 4 is 10.9 Å². The zero-order valence-corrected chi connectivity index (χ0v) is 10.6. The number of hydrogen-bond donors (Lipinski definition) is 1. The Morgan fingerprint density at radius 2 is 2.00 bits per heavy atom. The fourth-order valence-corrected chi connectivity index (χ4v) is 2.11. The van der Waals surface area contributed by atoms with E-state index in [0.29, 0.717) is 17.8 Å². The number of aryl methyl sites for hydroxylation is 1. The van der Waals surface area contributed by atoms with Crippen molar-refractivity contribution in [2.24, 2.45) is 13.0 Å². The van der Waals surface area contributed by atoms with Gasteiger partial charge in [-0.1, -0.05) is 13.8 Å². The second kappa shape index (κ2) is 3.91. The SMILES string of the molecule is Cc1[nH]cc2c(=O)n(C)c(=O)n(CC(C)C)c12. The van der Waals surface area contributed by atoms with E-state index in [1.807, 2.05) is 20.8 Å². The van der Waals surface area contributed by atoms with E-state index >= 15 is 0 Å². The van der Waals surface area contributed by atoms with Crippen molar-refractivity contribution in [3.05, 3.63) is 32.7 Å². The van der Waals surface area contributed by atoms with Crippen LogP contribution in [0.25, 0.3) is 10.9 Å². The molecule has 0 amide bonds. The molecule has 92 valence electrons. The van der Waals surface area contributed by atoms with Gasteiger partial charge in [0.1, 0.15) is 0 Å². The topological polar surface area (TPSA) is 59.8 Å². The summed E-state index contributed by atoms with van der Waals surface area (Å²) in [6.07, 6.45) is 1.67. The van der Waals surface area contributed by atoms with E-state index in [2.05, 4.69) is 4.98 Å². The van der Waals surface area contributed by atoms with Crippen molar-refractivity contribution < 1.29 is 0 Å². The molecule has 2 rings (SSSR count). The van der Waals surface area contributed by atoms with Crippen LogP contribution in [-0.4, -0.2) is 14.1 Å². The fraction of sp³-hybridized carbons (Fsp3) is 0.500. The lowest BCUT2D eigenvalue weighted by molar-refractivity contribution is 0.502. The van der Waals surface area contributed by atoms with Crippen LogP contribution in [-0.2, 0) is 13.6 Å². The molecule has 2 aromatic heterocycles. The quantitative estimate of drug-likeness (QED) is 0.844. The summed E-state index contributed by atoms with van der Waals surface area (Å²) in [6, 6.07) is 0. The van der Waals surface area contributed by atoms with Crippen molar-refractivity contribution in [3.8, 4) is 0 Å². The Balaban J connectivity index is 2.93. The first-order chi connectivity index (χ1) is 7.93. The summed E-state index contributed by atoms with van der Waals surface area (Å²) < 4.78 is 2.84. The highest BCUT2D eigenvalue weighted by Gasteiger charge is 2.14. The lowest BCUT2D eigenvalue weighted by Gasteiger charge is -2.12. The molecular weight excluding hydrogens is 218 g/mol. The van der Waals surface area contributed by atoms with Gasteiger partial charge in [-0.05, 0) is 12.8 Å². The van der Waals surface area contributed by atoms with E-state index in [-0.39, 0.29) is 11.2 Å². The van der Waals surface area contributed by atoms with Crippen LogP contribution in [0.1, 0.15) is 19.5 Å². The number of rotatable bonds is 2. The molecule has 0 saturated heterocycles. The number of aromatic nitrogens is 3. The van der Waals surface area contributed by atoms with E-state index in [9.17, 15) is 9.59 Å². The van der Waals surface area contributed by atoms with Crippen LogP contribution in [0.2, 0.25) is 0 Å². The molecule has 17 heavy (non-hydrogen) atoms. The van der Waals surface area contributed by atoms with E-state index in [4.69, 9.17) is 0 Å². The van der Waals surface area contributed by atoms with Gasteiger partial charge < -0.3 is 4.98 Å². The van der Waals surface area contributed by atoms with Gasteiger partial charge in [-0.3, -0.25) is 13.9 Å².